The second-order valence-electron chi connectivity index (χ2n) is 9.03. The van der Waals surface area contributed by atoms with E-state index in [4.69, 9.17) is 4.74 Å². The van der Waals surface area contributed by atoms with Crippen LogP contribution in [0, 0.1) is 0 Å². The number of imidazole rings is 1. The quantitative estimate of drug-likeness (QED) is 0.195. The minimum atomic E-state index is -4.22. The number of carbonyl (C=O) groups is 2. The fourth-order valence-electron chi connectivity index (χ4n) is 4.15. The van der Waals surface area contributed by atoms with Gasteiger partial charge in [0, 0.05) is 23.6 Å². The number of thiophene rings is 1. The fourth-order valence-corrected chi connectivity index (χ4v) is 6.50. The molecule has 2 aromatic heterocycles. The topological polar surface area (TPSA) is 128 Å². The molecule has 0 bridgehead atoms. The Morgan fingerprint density at radius 2 is 1.85 bits per heavy atom. The van der Waals surface area contributed by atoms with Gasteiger partial charge in [0.15, 0.2) is 5.69 Å². The number of hydrogen-bond donors (Lipinski definition) is 2. The lowest BCUT2D eigenvalue weighted by Crippen LogP contribution is -2.31. The van der Waals surface area contributed by atoms with E-state index in [2.05, 4.69) is 4.98 Å². The highest BCUT2D eigenvalue weighted by atomic mass is 32.2. The molecule has 0 fully saturated rings. The summed E-state index contributed by atoms with van der Waals surface area (Å²) in [5.41, 5.74) is 2.78. The van der Waals surface area contributed by atoms with Crippen LogP contribution < -0.4 is 4.72 Å². The van der Waals surface area contributed by atoms with Gasteiger partial charge in [-0.15, -0.1) is 11.8 Å². The molecule has 210 valence electrons. The molecule has 9 nitrogen and oxygen atoms in total. The first-order valence-corrected chi connectivity index (χ1v) is 16.1. The Hall–Kier alpha value is -3.61. The standard InChI is InChI=1S/C28H29N3O6S3/c1-4-18(2)25-29-26(38-3)24(27(32)33)31(25)15-19-9-11-21(12-10-19)22-7-5-6-8-23(22)40(35,36)30-28(34)37-16-20-13-14-39-17-20/h5-14,17-18H,4,15-16H2,1-3H3,(H,30,34)(H,32,33). The SMILES string of the molecule is CCC(C)c1nc(SC)c(C(=O)O)n1Cc1ccc(-c2ccccc2S(=O)(=O)NC(=O)OCc2ccsc2)cc1. The van der Waals surface area contributed by atoms with Gasteiger partial charge in [0.2, 0.25) is 0 Å². The molecule has 0 saturated carbocycles. The Balaban J connectivity index is 1.58. The summed E-state index contributed by atoms with van der Waals surface area (Å²) in [7, 11) is -4.22. The number of rotatable bonds is 11. The smallest absolute Gasteiger partial charge is 0.421 e. The van der Waals surface area contributed by atoms with Crippen molar-refractivity contribution >= 4 is 45.2 Å². The molecule has 1 amide bonds. The highest BCUT2D eigenvalue weighted by Crippen LogP contribution is 2.30. The van der Waals surface area contributed by atoms with Gasteiger partial charge < -0.3 is 14.4 Å². The Morgan fingerprint density at radius 1 is 1.12 bits per heavy atom. The molecule has 2 heterocycles. The van der Waals surface area contributed by atoms with Gasteiger partial charge in [-0.3, -0.25) is 0 Å². The number of aromatic nitrogens is 2. The summed E-state index contributed by atoms with van der Waals surface area (Å²) in [6.45, 7) is 4.31. The first kappa shape index (κ1) is 29.4. The normalized spacial score (nSPS) is 12.2. The van der Waals surface area contributed by atoms with Crippen LogP contribution in [0.15, 0.2) is 75.3 Å². The molecule has 1 atom stereocenters. The molecular weight excluding hydrogens is 571 g/mol. The van der Waals surface area contributed by atoms with Crippen molar-refractivity contribution in [2.75, 3.05) is 6.26 Å². The van der Waals surface area contributed by atoms with Gasteiger partial charge in [-0.05, 0) is 46.7 Å². The largest absolute Gasteiger partial charge is 0.476 e. The third kappa shape index (κ3) is 6.57. The lowest BCUT2D eigenvalue weighted by molar-refractivity contribution is 0.0680. The van der Waals surface area contributed by atoms with Crippen molar-refractivity contribution in [2.24, 2.45) is 0 Å². The van der Waals surface area contributed by atoms with Crippen molar-refractivity contribution in [1.29, 1.82) is 0 Å². The predicted molar refractivity (Wildman–Crippen MR) is 155 cm³/mol. The zero-order valence-electron chi connectivity index (χ0n) is 22.2. The number of carboxylic acids is 1. The second kappa shape index (κ2) is 12.7. The Morgan fingerprint density at radius 3 is 2.48 bits per heavy atom. The predicted octanol–water partition coefficient (Wildman–Crippen LogP) is 6.21. The highest BCUT2D eigenvalue weighted by Gasteiger charge is 2.25. The maximum Gasteiger partial charge on any atom is 0.421 e. The van der Waals surface area contributed by atoms with Crippen LogP contribution in [0.3, 0.4) is 0 Å². The minimum absolute atomic E-state index is 0.0361. The van der Waals surface area contributed by atoms with Gasteiger partial charge in [-0.1, -0.05) is 56.3 Å². The minimum Gasteiger partial charge on any atom is -0.476 e. The maximum absolute atomic E-state index is 13.1. The molecule has 40 heavy (non-hydrogen) atoms. The van der Waals surface area contributed by atoms with Crippen LogP contribution in [-0.4, -0.2) is 41.4 Å². The monoisotopic (exact) mass is 599 g/mol. The number of ether oxygens (including phenoxy) is 1. The van der Waals surface area contributed by atoms with Crippen molar-refractivity contribution in [1.82, 2.24) is 14.3 Å². The summed E-state index contributed by atoms with van der Waals surface area (Å²) in [6, 6.07) is 15.4. The molecule has 0 aliphatic carbocycles. The Bertz CT molecular complexity index is 1600. The zero-order valence-corrected chi connectivity index (χ0v) is 24.6. The van der Waals surface area contributed by atoms with Crippen LogP contribution in [0.5, 0.6) is 0 Å². The van der Waals surface area contributed by atoms with Crippen LogP contribution in [0.1, 0.15) is 53.6 Å². The lowest BCUT2D eigenvalue weighted by atomic mass is 10.0. The lowest BCUT2D eigenvalue weighted by Gasteiger charge is -2.15. The Labute approximate surface area is 241 Å². The number of sulfonamides is 1. The summed E-state index contributed by atoms with van der Waals surface area (Å²) >= 11 is 2.75. The fraction of sp³-hybridized carbons (Fsp3) is 0.250. The van der Waals surface area contributed by atoms with Crippen molar-refractivity contribution in [3.05, 3.63) is 88.0 Å². The molecule has 12 heteroatoms. The first-order valence-electron chi connectivity index (χ1n) is 12.4. The van der Waals surface area contributed by atoms with Crippen LogP contribution in [-0.2, 0) is 27.9 Å². The van der Waals surface area contributed by atoms with Gasteiger partial charge in [0.05, 0.1) is 4.90 Å². The average Bonchev–Trinajstić information content (AvgIpc) is 3.60. The summed E-state index contributed by atoms with van der Waals surface area (Å²) < 4.78 is 35.0. The van der Waals surface area contributed by atoms with Crippen LogP contribution >= 0.6 is 23.1 Å². The average molecular weight is 600 g/mol. The van der Waals surface area contributed by atoms with Gasteiger partial charge in [0.25, 0.3) is 10.0 Å². The van der Waals surface area contributed by atoms with E-state index < -0.39 is 22.1 Å². The number of carboxylic acid groups (broad SMARTS) is 1. The van der Waals surface area contributed by atoms with E-state index in [0.717, 1.165) is 17.5 Å². The number of aromatic carboxylic acids is 1. The van der Waals surface area contributed by atoms with Crippen molar-refractivity contribution < 1.29 is 27.9 Å². The molecule has 0 saturated heterocycles. The summed E-state index contributed by atoms with van der Waals surface area (Å²) in [5, 5.41) is 14.0. The first-order chi connectivity index (χ1) is 19.1. The van der Waals surface area contributed by atoms with E-state index >= 15 is 0 Å². The van der Waals surface area contributed by atoms with E-state index in [-0.39, 0.29) is 23.1 Å². The van der Waals surface area contributed by atoms with Crippen LogP contribution in [0.25, 0.3) is 11.1 Å². The summed E-state index contributed by atoms with van der Waals surface area (Å²) in [4.78, 5) is 28.9. The third-order valence-electron chi connectivity index (χ3n) is 6.36. The molecule has 0 aliphatic heterocycles. The molecule has 4 rings (SSSR count). The third-order valence-corrected chi connectivity index (χ3v) is 9.14. The number of benzene rings is 2. The Kier molecular flexibility index (Phi) is 9.33. The number of nitrogens with one attached hydrogen (secondary N) is 1. The molecule has 0 radical (unpaired) electrons. The number of nitrogens with zero attached hydrogens (tertiary/aromatic N) is 2. The van der Waals surface area contributed by atoms with Crippen molar-refractivity contribution in [3.63, 3.8) is 0 Å². The number of thioether (sulfide) groups is 1. The van der Waals surface area contributed by atoms with E-state index in [9.17, 15) is 23.1 Å². The van der Waals surface area contributed by atoms with Gasteiger partial charge in [-0.2, -0.15) is 11.3 Å². The number of amides is 1. The van der Waals surface area contributed by atoms with E-state index in [1.807, 2.05) is 41.5 Å². The molecule has 1 unspecified atom stereocenters. The van der Waals surface area contributed by atoms with Gasteiger partial charge in [-0.25, -0.2) is 27.7 Å². The van der Waals surface area contributed by atoms with Crippen molar-refractivity contribution in [2.45, 2.75) is 49.3 Å². The van der Waals surface area contributed by atoms with Crippen molar-refractivity contribution in [3.8, 4) is 11.1 Å². The summed E-state index contributed by atoms with van der Waals surface area (Å²) in [6.07, 6.45) is 1.55. The molecule has 2 aromatic carbocycles. The summed E-state index contributed by atoms with van der Waals surface area (Å²) in [5.74, 6) is -0.259. The van der Waals surface area contributed by atoms with Crippen LogP contribution in [0.4, 0.5) is 4.79 Å². The van der Waals surface area contributed by atoms with Gasteiger partial charge >= 0.3 is 12.1 Å². The molecule has 2 N–H and O–H groups in total. The zero-order chi connectivity index (χ0) is 28.9. The maximum atomic E-state index is 13.1. The molecule has 4 aromatic rings. The molecular formula is C28H29N3O6S3. The van der Waals surface area contributed by atoms with E-state index in [1.165, 1.54) is 29.2 Å². The molecule has 0 aliphatic rings. The second-order valence-corrected chi connectivity index (χ2v) is 12.3. The van der Waals surface area contributed by atoms with E-state index in [1.54, 1.807) is 47.2 Å². The number of carbonyl (C=O) groups excluding carboxylic acids is 1. The highest BCUT2D eigenvalue weighted by molar-refractivity contribution is 7.98. The van der Waals surface area contributed by atoms with Gasteiger partial charge in [0.1, 0.15) is 17.5 Å². The molecule has 0 spiro atoms. The van der Waals surface area contributed by atoms with E-state index in [0.29, 0.717) is 28.5 Å². The number of hydrogen-bond acceptors (Lipinski definition) is 8. The van der Waals surface area contributed by atoms with Crippen LogP contribution in [0.2, 0.25) is 0 Å².